The van der Waals surface area contributed by atoms with Crippen LogP contribution in [-0.4, -0.2) is 23.1 Å². The second kappa shape index (κ2) is 6.12. The van der Waals surface area contributed by atoms with Gasteiger partial charge in [0, 0.05) is 30.8 Å². The van der Waals surface area contributed by atoms with Gasteiger partial charge in [-0.05, 0) is 24.6 Å². The monoisotopic (exact) mass is 349 g/mol. The Bertz CT molecular complexity index is 900. The van der Waals surface area contributed by atoms with Gasteiger partial charge in [0.2, 0.25) is 5.95 Å². The van der Waals surface area contributed by atoms with E-state index in [9.17, 15) is 18.0 Å². The molecule has 0 spiro atoms. The Morgan fingerprint density at radius 1 is 1.36 bits per heavy atom. The third-order valence-electron chi connectivity index (χ3n) is 4.16. The molecular weight excluding hydrogens is 335 g/mol. The van der Waals surface area contributed by atoms with Crippen molar-refractivity contribution in [2.24, 2.45) is 0 Å². The zero-order valence-electron chi connectivity index (χ0n) is 13.0. The average molecular weight is 349 g/mol. The molecule has 0 amide bonds. The summed E-state index contributed by atoms with van der Waals surface area (Å²) in [6.07, 6.45) is -4.01. The highest BCUT2D eigenvalue weighted by Crippen LogP contribution is 2.40. The summed E-state index contributed by atoms with van der Waals surface area (Å²) in [5, 5.41) is 8.84. The lowest BCUT2D eigenvalue weighted by Gasteiger charge is -2.23. The summed E-state index contributed by atoms with van der Waals surface area (Å²) in [5.74, 6) is -0.211. The normalized spacial score (nSPS) is 17.5. The van der Waals surface area contributed by atoms with Gasteiger partial charge in [-0.1, -0.05) is 0 Å². The molecule has 9 heteroatoms. The number of hydrogen-bond donors (Lipinski definition) is 2. The van der Waals surface area contributed by atoms with Crippen LogP contribution in [0.15, 0.2) is 29.1 Å². The predicted molar refractivity (Wildman–Crippen MR) is 85.0 cm³/mol. The first-order chi connectivity index (χ1) is 11.8. The summed E-state index contributed by atoms with van der Waals surface area (Å²) in [5.41, 5.74) is 4.73. The molecule has 1 fully saturated rings. The number of nitriles is 1. The van der Waals surface area contributed by atoms with E-state index in [-0.39, 0.29) is 29.7 Å². The van der Waals surface area contributed by atoms with Crippen LogP contribution in [0, 0.1) is 11.3 Å². The van der Waals surface area contributed by atoms with Gasteiger partial charge in [-0.3, -0.25) is 9.78 Å². The molecule has 3 rings (SSSR count). The molecule has 1 aliphatic heterocycles. The molecule has 2 heterocycles. The lowest BCUT2D eigenvalue weighted by molar-refractivity contribution is -0.137. The summed E-state index contributed by atoms with van der Waals surface area (Å²) in [4.78, 5) is 19.5. The number of aromatic amines is 1. The molecule has 2 aromatic rings. The van der Waals surface area contributed by atoms with Crippen molar-refractivity contribution in [3.8, 4) is 6.07 Å². The van der Waals surface area contributed by atoms with Crippen LogP contribution in [0.2, 0.25) is 0 Å². The minimum atomic E-state index is -4.56. The van der Waals surface area contributed by atoms with Crippen molar-refractivity contribution in [2.45, 2.75) is 18.5 Å². The van der Waals surface area contributed by atoms with Crippen LogP contribution in [0.3, 0.4) is 0 Å². The van der Waals surface area contributed by atoms with Gasteiger partial charge in [0.1, 0.15) is 0 Å². The Labute approximate surface area is 140 Å². The number of nitrogen functional groups attached to an aromatic ring is 1. The van der Waals surface area contributed by atoms with E-state index in [1.807, 2.05) is 0 Å². The maximum Gasteiger partial charge on any atom is 0.418 e. The van der Waals surface area contributed by atoms with E-state index < -0.39 is 17.3 Å². The molecule has 0 bridgehead atoms. The van der Waals surface area contributed by atoms with Gasteiger partial charge in [-0.2, -0.15) is 18.4 Å². The molecule has 1 saturated heterocycles. The summed E-state index contributed by atoms with van der Waals surface area (Å²) in [6, 6.07) is 6.56. The number of rotatable bonds is 2. The van der Waals surface area contributed by atoms with Crippen LogP contribution in [0.25, 0.3) is 0 Å². The Hall–Kier alpha value is -3.02. The first-order valence-electron chi connectivity index (χ1n) is 7.51. The average Bonchev–Trinajstić information content (AvgIpc) is 3.02. The number of alkyl halides is 3. The molecule has 3 N–H and O–H groups in total. The molecule has 6 nitrogen and oxygen atoms in total. The molecule has 1 unspecified atom stereocenters. The molecule has 1 aliphatic rings. The number of nitrogens with two attached hydrogens (primary N) is 1. The third-order valence-corrected chi connectivity index (χ3v) is 4.16. The first-order valence-corrected chi connectivity index (χ1v) is 7.51. The molecule has 0 radical (unpaired) electrons. The number of aromatic nitrogens is 2. The number of halogens is 3. The van der Waals surface area contributed by atoms with Crippen molar-refractivity contribution in [3.05, 3.63) is 51.4 Å². The fourth-order valence-electron chi connectivity index (χ4n) is 3.03. The van der Waals surface area contributed by atoms with Crippen molar-refractivity contribution < 1.29 is 13.2 Å². The summed E-state index contributed by atoms with van der Waals surface area (Å²) in [6.45, 7) is 0.666. The first kappa shape index (κ1) is 16.8. The SMILES string of the molecule is N#Cc1ccc(N2CCC(c3cc(=O)[nH]c(N)n3)C2)c(C(F)(F)F)c1. The minimum absolute atomic E-state index is 0.0182. The second-order valence-corrected chi connectivity index (χ2v) is 5.83. The van der Waals surface area contributed by atoms with Gasteiger partial charge >= 0.3 is 6.18 Å². The minimum Gasteiger partial charge on any atom is -0.370 e. The Morgan fingerprint density at radius 2 is 2.12 bits per heavy atom. The summed E-state index contributed by atoms with van der Waals surface area (Å²) in [7, 11) is 0. The van der Waals surface area contributed by atoms with Gasteiger partial charge in [-0.25, -0.2) is 4.98 Å². The summed E-state index contributed by atoms with van der Waals surface area (Å²) >= 11 is 0. The fraction of sp³-hybridized carbons (Fsp3) is 0.312. The Kier molecular flexibility index (Phi) is 4.12. The molecule has 0 aliphatic carbocycles. The number of H-pyrrole nitrogens is 1. The van der Waals surface area contributed by atoms with Crippen LogP contribution < -0.4 is 16.2 Å². The zero-order chi connectivity index (χ0) is 18.2. The van der Waals surface area contributed by atoms with Crippen molar-refractivity contribution in [3.63, 3.8) is 0 Å². The highest BCUT2D eigenvalue weighted by atomic mass is 19.4. The standard InChI is InChI=1S/C16H14F3N5O/c17-16(18,19)11-5-9(7-20)1-2-13(11)24-4-3-10(8-24)12-6-14(25)23-15(21)22-12/h1-2,5-6,10H,3-4,8H2,(H3,21,22,23,25). The van der Waals surface area contributed by atoms with E-state index in [1.165, 1.54) is 18.2 Å². The van der Waals surface area contributed by atoms with Gasteiger partial charge in [0.25, 0.3) is 5.56 Å². The van der Waals surface area contributed by atoms with Crippen molar-refractivity contribution >= 4 is 11.6 Å². The maximum absolute atomic E-state index is 13.3. The van der Waals surface area contributed by atoms with Crippen LogP contribution in [0.5, 0.6) is 0 Å². The highest BCUT2D eigenvalue weighted by Gasteiger charge is 2.37. The number of nitrogens with zero attached hydrogens (tertiary/aromatic N) is 3. The van der Waals surface area contributed by atoms with Crippen molar-refractivity contribution in [1.29, 1.82) is 5.26 Å². The lowest BCUT2D eigenvalue weighted by Crippen LogP contribution is -2.24. The van der Waals surface area contributed by atoms with Crippen molar-refractivity contribution in [2.75, 3.05) is 23.7 Å². The molecular formula is C16H14F3N5O. The number of hydrogen-bond acceptors (Lipinski definition) is 5. The molecule has 25 heavy (non-hydrogen) atoms. The van der Waals surface area contributed by atoms with Crippen LogP contribution in [0.1, 0.15) is 29.2 Å². The maximum atomic E-state index is 13.3. The highest BCUT2D eigenvalue weighted by molar-refractivity contribution is 5.59. The van der Waals surface area contributed by atoms with Crippen LogP contribution in [-0.2, 0) is 6.18 Å². The van der Waals surface area contributed by atoms with E-state index in [4.69, 9.17) is 11.0 Å². The van der Waals surface area contributed by atoms with E-state index in [1.54, 1.807) is 11.0 Å². The van der Waals surface area contributed by atoms with E-state index in [0.29, 0.717) is 18.7 Å². The predicted octanol–water partition coefficient (Wildman–Crippen LogP) is 2.24. The van der Waals surface area contributed by atoms with Crippen LogP contribution in [0.4, 0.5) is 24.8 Å². The van der Waals surface area contributed by atoms with Gasteiger partial charge in [0.05, 0.1) is 22.9 Å². The summed E-state index contributed by atoms with van der Waals surface area (Å²) < 4.78 is 40.0. The van der Waals surface area contributed by atoms with E-state index >= 15 is 0 Å². The smallest absolute Gasteiger partial charge is 0.370 e. The van der Waals surface area contributed by atoms with Gasteiger partial charge < -0.3 is 10.6 Å². The van der Waals surface area contributed by atoms with Crippen LogP contribution >= 0.6 is 0 Å². The zero-order valence-corrected chi connectivity index (χ0v) is 13.0. The molecule has 1 atom stereocenters. The topological polar surface area (TPSA) is 98.8 Å². The fourth-order valence-corrected chi connectivity index (χ4v) is 3.03. The molecule has 130 valence electrons. The Morgan fingerprint density at radius 3 is 2.76 bits per heavy atom. The van der Waals surface area contributed by atoms with E-state index in [0.717, 1.165) is 6.07 Å². The molecule has 1 aromatic heterocycles. The number of benzene rings is 1. The van der Waals surface area contributed by atoms with E-state index in [2.05, 4.69) is 9.97 Å². The number of anilines is 2. The number of nitrogens with one attached hydrogen (secondary N) is 1. The molecule has 0 saturated carbocycles. The van der Waals surface area contributed by atoms with Gasteiger partial charge in [-0.15, -0.1) is 0 Å². The quantitative estimate of drug-likeness (QED) is 0.866. The largest absolute Gasteiger partial charge is 0.418 e. The van der Waals surface area contributed by atoms with Crippen molar-refractivity contribution in [1.82, 2.24) is 9.97 Å². The molecule has 1 aromatic carbocycles. The second-order valence-electron chi connectivity index (χ2n) is 5.83. The van der Waals surface area contributed by atoms with Gasteiger partial charge in [0.15, 0.2) is 0 Å². The Balaban J connectivity index is 1.92. The third kappa shape index (κ3) is 3.42. The lowest BCUT2D eigenvalue weighted by atomic mass is 10.0.